The van der Waals surface area contributed by atoms with Gasteiger partial charge in [0.2, 0.25) is 5.91 Å². The Morgan fingerprint density at radius 3 is 2.32 bits per heavy atom. The van der Waals surface area contributed by atoms with Gasteiger partial charge in [-0.25, -0.2) is 0 Å². The summed E-state index contributed by atoms with van der Waals surface area (Å²) in [7, 11) is 0. The summed E-state index contributed by atoms with van der Waals surface area (Å²) in [4.78, 5) is 39.3. The van der Waals surface area contributed by atoms with E-state index < -0.39 is 17.8 Å². The Bertz CT molecular complexity index is 869. The van der Waals surface area contributed by atoms with E-state index in [0.29, 0.717) is 23.4 Å². The van der Waals surface area contributed by atoms with Crippen LogP contribution in [0.2, 0.25) is 0 Å². The predicted molar refractivity (Wildman–Crippen MR) is 122 cm³/mol. The molecule has 3 N–H and O–H groups in total. The lowest BCUT2D eigenvalue weighted by Gasteiger charge is -2.25. The number of carbonyl (C=O) groups excluding carboxylic acids is 2. The lowest BCUT2D eigenvalue weighted by molar-refractivity contribution is -0.146. The molecule has 1 heterocycles. The van der Waals surface area contributed by atoms with Crippen LogP contribution in [0.5, 0.6) is 0 Å². The minimum absolute atomic E-state index is 0.0834. The molecule has 0 spiro atoms. The number of carboxylic acid groups (broad SMARTS) is 1. The van der Waals surface area contributed by atoms with Crippen molar-refractivity contribution in [1.82, 2.24) is 5.32 Å². The molecule has 0 unspecified atom stereocenters. The van der Waals surface area contributed by atoms with Gasteiger partial charge in [-0.05, 0) is 56.9 Å². The lowest BCUT2D eigenvalue weighted by Crippen LogP contribution is -2.37. The molecule has 1 saturated carbocycles. The highest BCUT2D eigenvalue weighted by molar-refractivity contribution is 7.17. The monoisotopic (exact) mass is 444 g/mol. The summed E-state index contributed by atoms with van der Waals surface area (Å²) in [6.45, 7) is 0. The molecule has 1 aromatic heterocycles. The molecule has 31 heavy (non-hydrogen) atoms. The van der Waals surface area contributed by atoms with Gasteiger partial charge in [-0.1, -0.05) is 37.8 Å². The summed E-state index contributed by atoms with van der Waals surface area (Å²) in [5.74, 6) is -2.65. The number of hydrogen-bond acceptors (Lipinski definition) is 4. The third-order valence-electron chi connectivity index (χ3n) is 6.91. The SMILES string of the molecule is O=C(NC1CCCCC1)c1c(NC(=O)[C@H]2CC=CC[C@@H]2C(=O)O)sc2c1CCCCC2. The van der Waals surface area contributed by atoms with Crippen molar-refractivity contribution in [3.63, 3.8) is 0 Å². The Hall–Kier alpha value is -2.15. The number of allylic oxidation sites excluding steroid dienone is 2. The molecule has 4 rings (SSSR count). The van der Waals surface area contributed by atoms with Crippen molar-refractivity contribution < 1.29 is 19.5 Å². The number of carbonyl (C=O) groups is 3. The summed E-state index contributed by atoms with van der Waals surface area (Å²) in [6, 6.07) is 0.200. The fourth-order valence-electron chi connectivity index (χ4n) is 5.16. The van der Waals surface area contributed by atoms with Crippen LogP contribution >= 0.6 is 11.3 Å². The average molecular weight is 445 g/mol. The third kappa shape index (κ3) is 5.03. The van der Waals surface area contributed by atoms with Crippen molar-refractivity contribution in [2.45, 2.75) is 83.1 Å². The molecule has 2 atom stereocenters. The average Bonchev–Trinajstić information content (AvgIpc) is 2.94. The number of fused-ring (bicyclic) bond motifs is 1. The maximum Gasteiger partial charge on any atom is 0.307 e. The Balaban J connectivity index is 1.59. The van der Waals surface area contributed by atoms with Gasteiger partial charge in [0.1, 0.15) is 5.00 Å². The van der Waals surface area contributed by atoms with E-state index in [9.17, 15) is 19.5 Å². The molecule has 1 fully saturated rings. The summed E-state index contributed by atoms with van der Waals surface area (Å²) in [5.41, 5.74) is 1.71. The smallest absolute Gasteiger partial charge is 0.307 e. The zero-order chi connectivity index (χ0) is 21.8. The maximum absolute atomic E-state index is 13.3. The van der Waals surface area contributed by atoms with Gasteiger partial charge in [-0.3, -0.25) is 14.4 Å². The van der Waals surface area contributed by atoms with Crippen molar-refractivity contribution in [3.05, 3.63) is 28.2 Å². The molecule has 168 valence electrons. The van der Waals surface area contributed by atoms with Gasteiger partial charge >= 0.3 is 5.97 Å². The van der Waals surface area contributed by atoms with Crippen LogP contribution in [-0.4, -0.2) is 28.9 Å². The fourth-order valence-corrected chi connectivity index (χ4v) is 6.45. The Morgan fingerprint density at radius 2 is 1.58 bits per heavy atom. The Kier molecular flexibility index (Phi) is 7.10. The molecule has 2 amide bonds. The number of carboxylic acids is 1. The van der Waals surface area contributed by atoms with Crippen LogP contribution in [0, 0.1) is 11.8 Å². The van der Waals surface area contributed by atoms with Crippen molar-refractivity contribution in [1.29, 1.82) is 0 Å². The number of rotatable bonds is 5. The van der Waals surface area contributed by atoms with Crippen LogP contribution in [0.25, 0.3) is 0 Å². The summed E-state index contributed by atoms with van der Waals surface area (Å²) < 4.78 is 0. The molecule has 0 bridgehead atoms. The highest BCUT2D eigenvalue weighted by Gasteiger charge is 2.35. The van der Waals surface area contributed by atoms with Crippen molar-refractivity contribution in [2.75, 3.05) is 5.32 Å². The van der Waals surface area contributed by atoms with E-state index in [-0.39, 0.29) is 17.9 Å². The molecule has 0 aliphatic heterocycles. The second-order valence-corrected chi connectivity index (χ2v) is 10.2. The second kappa shape index (κ2) is 9.98. The number of anilines is 1. The highest BCUT2D eigenvalue weighted by Crippen LogP contribution is 2.39. The first-order valence-corrected chi connectivity index (χ1v) is 12.5. The van der Waals surface area contributed by atoms with Crippen LogP contribution < -0.4 is 10.6 Å². The van der Waals surface area contributed by atoms with E-state index >= 15 is 0 Å². The van der Waals surface area contributed by atoms with Gasteiger partial charge in [0, 0.05) is 10.9 Å². The van der Waals surface area contributed by atoms with Gasteiger partial charge in [0.25, 0.3) is 5.91 Å². The molecule has 0 radical (unpaired) electrons. The van der Waals surface area contributed by atoms with E-state index in [2.05, 4.69) is 10.6 Å². The van der Waals surface area contributed by atoms with Gasteiger partial charge in [-0.15, -0.1) is 11.3 Å². The number of nitrogens with one attached hydrogen (secondary N) is 2. The van der Waals surface area contributed by atoms with E-state index in [4.69, 9.17) is 0 Å². The van der Waals surface area contributed by atoms with Crippen LogP contribution in [0.4, 0.5) is 5.00 Å². The van der Waals surface area contributed by atoms with Crippen LogP contribution in [0.1, 0.15) is 85.0 Å². The molecular weight excluding hydrogens is 412 g/mol. The Morgan fingerprint density at radius 1 is 0.903 bits per heavy atom. The lowest BCUT2D eigenvalue weighted by atomic mass is 9.82. The quantitative estimate of drug-likeness (QED) is 0.454. The van der Waals surface area contributed by atoms with E-state index in [0.717, 1.165) is 63.4 Å². The second-order valence-electron chi connectivity index (χ2n) is 9.06. The van der Waals surface area contributed by atoms with Gasteiger partial charge in [-0.2, -0.15) is 0 Å². The van der Waals surface area contributed by atoms with Gasteiger partial charge in [0.15, 0.2) is 0 Å². The topological polar surface area (TPSA) is 95.5 Å². The zero-order valence-electron chi connectivity index (χ0n) is 18.0. The number of hydrogen-bond donors (Lipinski definition) is 3. The molecule has 3 aliphatic rings. The summed E-state index contributed by atoms with van der Waals surface area (Å²) in [6.07, 6.45) is 15.1. The molecule has 7 heteroatoms. The number of thiophene rings is 1. The normalized spacial score (nSPS) is 24.1. The molecule has 3 aliphatic carbocycles. The van der Waals surface area contributed by atoms with Gasteiger partial charge < -0.3 is 15.7 Å². The van der Waals surface area contributed by atoms with Crippen LogP contribution in [-0.2, 0) is 22.4 Å². The molecular formula is C24H32N2O4S. The first kappa shape index (κ1) is 22.1. The van der Waals surface area contributed by atoms with Crippen LogP contribution in [0.15, 0.2) is 12.2 Å². The number of amides is 2. The zero-order valence-corrected chi connectivity index (χ0v) is 18.8. The van der Waals surface area contributed by atoms with E-state index in [1.807, 2.05) is 12.2 Å². The van der Waals surface area contributed by atoms with E-state index in [1.165, 1.54) is 22.6 Å². The standard InChI is InChI=1S/C24H32N2O4S/c27-21(16-11-7-8-12-17(16)24(29)30)26-23-20(18-13-5-2-6-14-19(18)31-23)22(28)25-15-9-3-1-4-10-15/h7-8,15-17H,1-6,9-14H2,(H,25,28)(H,26,27)(H,29,30)/t16-,17-/m0/s1. The number of aliphatic carboxylic acids is 1. The fraction of sp³-hybridized carbons (Fsp3) is 0.625. The summed E-state index contributed by atoms with van der Waals surface area (Å²) in [5, 5.41) is 16.3. The first-order chi connectivity index (χ1) is 15.0. The summed E-state index contributed by atoms with van der Waals surface area (Å²) >= 11 is 1.51. The Labute approximate surface area is 187 Å². The van der Waals surface area contributed by atoms with Crippen molar-refractivity contribution in [2.24, 2.45) is 11.8 Å². The third-order valence-corrected chi connectivity index (χ3v) is 8.12. The predicted octanol–water partition coefficient (Wildman–Crippen LogP) is 4.69. The van der Waals surface area contributed by atoms with E-state index in [1.54, 1.807) is 0 Å². The molecule has 6 nitrogen and oxygen atoms in total. The van der Waals surface area contributed by atoms with Crippen molar-refractivity contribution >= 4 is 34.1 Å². The number of aryl methyl sites for hydroxylation is 1. The minimum Gasteiger partial charge on any atom is -0.481 e. The first-order valence-electron chi connectivity index (χ1n) is 11.7. The molecule has 1 aromatic rings. The highest BCUT2D eigenvalue weighted by atomic mass is 32.1. The maximum atomic E-state index is 13.3. The van der Waals surface area contributed by atoms with Crippen LogP contribution in [0.3, 0.4) is 0 Å². The largest absolute Gasteiger partial charge is 0.481 e. The minimum atomic E-state index is -0.943. The van der Waals surface area contributed by atoms with Gasteiger partial charge in [0.05, 0.1) is 17.4 Å². The molecule has 0 aromatic carbocycles. The molecule has 0 saturated heterocycles. The van der Waals surface area contributed by atoms with Crippen molar-refractivity contribution in [3.8, 4) is 0 Å².